The fourth-order valence-corrected chi connectivity index (χ4v) is 4.12. The highest BCUT2D eigenvalue weighted by Gasteiger charge is 2.49. The van der Waals surface area contributed by atoms with Crippen LogP contribution < -0.4 is 4.90 Å². The quantitative estimate of drug-likeness (QED) is 0.785. The van der Waals surface area contributed by atoms with Gasteiger partial charge in [-0.25, -0.2) is 0 Å². The fraction of sp³-hybridized carbons (Fsp3) is 0.500. The van der Waals surface area contributed by atoms with Crippen LogP contribution in [-0.2, 0) is 9.59 Å². The van der Waals surface area contributed by atoms with Gasteiger partial charge in [0.25, 0.3) is 0 Å². The van der Waals surface area contributed by atoms with Crippen molar-refractivity contribution in [1.29, 1.82) is 0 Å². The van der Waals surface area contributed by atoms with E-state index >= 15 is 0 Å². The van der Waals surface area contributed by atoms with E-state index in [0.29, 0.717) is 19.5 Å². The Hall–Kier alpha value is -2.17. The van der Waals surface area contributed by atoms with E-state index in [1.165, 1.54) is 0 Å². The molecule has 0 saturated carbocycles. The Balaban J connectivity index is 1.46. The van der Waals surface area contributed by atoms with E-state index < -0.39 is 0 Å². The van der Waals surface area contributed by atoms with E-state index in [4.69, 9.17) is 0 Å². The smallest absolute Gasteiger partial charge is 0.227 e. The van der Waals surface area contributed by atoms with Crippen LogP contribution in [-0.4, -0.2) is 41.3 Å². The van der Waals surface area contributed by atoms with Gasteiger partial charge in [-0.05, 0) is 31.4 Å². The summed E-state index contributed by atoms with van der Waals surface area (Å²) in [5, 5.41) is 0. The Morgan fingerprint density at radius 2 is 2.09 bits per heavy atom. The van der Waals surface area contributed by atoms with Gasteiger partial charge in [0, 0.05) is 43.6 Å². The van der Waals surface area contributed by atoms with Crippen molar-refractivity contribution in [1.82, 2.24) is 9.88 Å². The summed E-state index contributed by atoms with van der Waals surface area (Å²) in [6.07, 6.45) is 10.8. The predicted octanol–water partition coefficient (Wildman–Crippen LogP) is 2.00. The molecule has 3 aliphatic rings. The molecule has 120 valence electrons. The maximum Gasteiger partial charge on any atom is 0.227 e. The zero-order chi connectivity index (χ0) is 15.9. The predicted molar refractivity (Wildman–Crippen MR) is 86.7 cm³/mol. The molecule has 1 aromatic heterocycles. The number of nitrogens with zero attached hydrogens (tertiary/aromatic N) is 3. The van der Waals surface area contributed by atoms with E-state index in [-0.39, 0.29) is 23.1 Å². The van der Waals surface area contributed by atoms with Gasteiger partial charge < -0.3 is 9.80 Å². The molecule has 1 atom stereocenters. The van der Waals surface area contributed by atoms with Crippen LogP contribution in [0.5, 0.6) is 0 Å². The second-order valence-electron chi connectivity index (χ2n) is 7.02. The second kappa shape index (κ2) is 5.48. The molecule has 23 heavy (non-hydrogen) atoms. The highest BCUT2D eigenvalue weighted by atomic mass is 16.2. The van der Waals surface area contributed by atoms with Crippen molar-refractivity contribution < 1.29 is 9.59 Å². The Bertz CT molecular complexity index is 649. The number of rotatable bonds is 2. The summed E-state index contributed by atoms with van der Waals surface area (Å²) >= 11 is 0. The van der Waals surface area contributed by atoms with Gasteiger partial charge in [-0.15, -0.1) is 0 Å². The lowest BCUT2D eigenvalue weighted by atomic mass is 9.86. The van der Waals surface area contributed by atoms with Gasteiger partial charge in [0.1, 0.15) is 0 Å². The van der Waals surface area contributed by atoms with Gasteiger partial charge in [0.05, 0.1) is 11.9 Å². The van der Waals surface area contributed by atoms with Crippen molar-refractivity contribution in [3.63, 3.8) is 0 Å². The molecule has 5 heteroatoms. The van der Waals surface area contributed by atoms with Gasteiger partial charge >= 0.3 is 0 Å². The van der Waals surface area contributed by atoms with Crippen LogP contribution in [0.15, 0.2) is 36.7 Å². The van der Waals surface area contributed by atoms with Gasteiger partial charge in [0.15, 0.2) is 0 Å². The van der Waals surface area contributed by atoms with Crippen LogP contribution >= 0.6 is 0 Å². The first-order chi connectivity index (χ1) is 11.2. The van der Waals surface area contributed by atoms with Crippen molar-refractivity contribution in [3.05, 3.63) is 36.7 Å². The lowest BCUT2D eigenvalue weighted by Gasteiger charge is -2.25. The number of allylic oxidation sites excluding steroid dienone is 2. The van der Waals surface area contributed by atoms with Crippen molar-refractivity contribution in [3.8, 4) is 0 Å². The summed E-state index contributed by atoms with van der Waals surface area (Å²) in [6.45, 7) is 2.19. The summed E-state index contributed by atoms with van der Waals surface area (Å²) in [5.74, 6) is 0.533. The fourth-order valence-electron chi connectivity index (χ4n) is 4.12. The number of pyridine rings is 1. The molecule has 1 unspecified atom stereocenters. The van der Waals surface area contributed by atoms with E-state index in [9.17, 15) is 9.59 Å². The standard InChI is InChI=1S/C18H21N3O2/c22-16-10-18(13-21(16)15-6-3-8-19-11-15)7-9-20(12-18)17(23)14-4-1-2-5-14/h1-3,6,8,11,14H,4-5,7,9-10,12-13H2. The number of amides is 2. The van der Waals surface area contributed by atoms with Gasteiger partial charge in [-0.3, -0.25) is 14.6 Å². The highest BCUT2D eigenvalue weighted by molar-refractivity contribution is 5.96. The third-order valence-corrected chi connectivity index (χ3v) is 5.39. The number of anilines is 1. The molecule has 2 amide bonds. The Morgan fingerprint density at radius 1 is 1.26 bits per heavy atom. The number of aromatic nitrogens is 1. The van der Waals surface area contributed by atoms with Gasteiger partial charge in [0.2, 0.25) is 11.8 Å². The van der Waals surface area contributed by atoms with Crippen LogP contribution in [0.3, 0.4) is 0 Å². The lowest BCUT2D eigenvalue weighted by Crippen LogP contribution is -2.36. The van der Waals surface area contributed by atoms with Crippen LogP contribution in [0, 0.1) is 11.3 Å². The Kier molecular flexibility index (Phi) is 3.43. The molecular weight excluding hydrogens is 290 g/mol. The molecule has 2 aliphatic heterocycles. The number of likely N-dealkylation sites (tertiary alicyclic amines) is 1. The summed E-state index contributed by atoms with van der Waals surface area (Å²) in [6, 6.07) is 3.77. The molecule has 0 bridgehead atoms. The van der Waals surface area contributed by atoms with E-state index in [1.54, 1.807) is 12.4 Å². The first-order valence-corrected chi connectivity index (χ1v) is 8.31. The normalized spacial score (nSPS) is 27.6. The maximum absolute atomic E-state index is 12.6. The average molecular weight is 311 g/mol. The number of hydrogen-bond donors (Lipinski definition) is 0. The zero-order valence-electron chi connectivity index (χ0n) is 13.1. The number of hydrogen-bond acceptors (Lipinski definition) is 3. The molecule has 2 fully saturated rings. The summed E-state index contributed by atoms with van der Waals surface area (Å²) in [4.78, 5) is 33.0. The van der Waals surface area contributed by atoms with Crippen LogP contribution in [0.4, 0.5) is 5.69 Å². The van der Waals surface area contributed by atoms with Gasteiger partial charge in [-0.2, -0.15) is 0 Å². The van der Waals surface area contributed by atoms with Crippen LogP contribution in [0.2, 0.25) is 0 Å². The molecule has 5 nitrogen and oxygen atoms in total. The third kappa shape index (κ3) is 2.54. The largest absolute Gasteiger partial charge is 0.342 e. The zero-order valence-corrected chi connectivity index (χ0v) is 13.1. The molecule has 1 aliphatic carbocycles. The average Bonchev–Trinajstić information content (AvgIpc) is 3.29. The minimum atomic E-state index is -0.0748. The monoisotopic (exact) mass is 311 g/mol. The topological polar surface area (TPSA) is 53.5 Å². The molecule has 0 aromatic carbocycles. The molecule has 2 saturated heterocycles. The minimum absolute atomic E-state index is 0.0748. The lowest BCUT2D eigenvalue weighted by molar-refractivity contribution is -0.134. The third-order valence-electron chi connectivity index (χ3n) is 5.39. The van der Waals surface area contributed by atoms with Crippen LogP contribution in [0.1, 0.15) is 25.7 Å². The molecule has 0 radical (unpaired) electrons. The molecule has 3 heterocycles. The van der Waals surface area contributed by atoms with Crippen molar-refractivity contribution in [2.24, 2.45) is 11.3 Å². The SMILES string of the molecule is O=C(C1CC=CC1)N1CCC2(CC(=O)N(c3cccnc3)C2)C1. The van der Waals surface area contributed by atoms with Crippen LogP contribution in [0.25, 0.3) is 0 Å². The van der Waals surface area contributed by atoms with Crippen molar-refractivity contribution in [2.75, 3.05) is 24.5 Å². The summed E-state index contributed by atoms with van der Waals surface area (Å²) in [7, 11) is 0. The molecule has 1 spiro atoms. The Morgan fingerprint density at radius 3 is 2.83 bits per heavy atom. The minimum Gasteiger partial charge on any atom is -0.342 e. The van der Waals surface area contributed by atoms with E-state index in [2.05, 4.69) is 17.1 Å². The van der Waals surface area contributed by atoms with Crippen molar-refractivity contribution >= 4 is 17.5 Å². The number of carbonyl (C=O) groups is 2. The Labute approximate surface area is 136 Å². The van der Waals surface area contributed by atoms with Crippen molar-refractivity contribution in [2.45, 2.75) is 25.7 Å². The molecule has 4 rings (SSSR count). The first-order valence-electron chi connectivity index (χ1n) is 8.31. The summed E-state index contributed by atoms with van der Waals surface area (Å²) in [5.41, 5.74) is 0.786. The molecular formula is C18H21N3O2. The van der Waals surface area contributed by atoms with Gasteiger partial charge in [-0.1, -0.05) is 12.2 Å². The number of carbonyl (C=O) groups excluding carboxylic acids is 2. The second-order valence-corrected chi connectivity index (χ2v) is 7.02. The molecule has 1 aromatic rings. The first kappa shape index (κ1) is 14.4. The van der Waals surface area contributed by atoms with E-state index in [0.717, 1.165) is 31.5 Å². The molecule has 0 N–H and O–H groups in total. The maximum atomic E-state index is 12.6. The van der Waals surface area contributed by atoms with E-state index in [1.807, 2.05) is 21.9 Å². The highest BCUT2D eigenvalue weighted by Crippen LogP contribution is 2.42. The summed E-state index contributed by atoms with van der Waals surface area (Å²) < 4.78 is 0.